The number of carbonyl (C=O) groups is 1. The third-order valence-electron chi connectivity index (χ3n) is 3.42. The van der Waals surface area contributed by atoms with Gasteiger partial charge in [-0.3, -0.25) is 4.79 Å². The van der Waals surface area contributed by atoms with Crippen LogP contribution in [-0.4, -0.2) is 38.8 Å². The number of hydrogen-bond donors (Lipinski definition) is 1. The number of ether oxygens (including phenoxy) is 1. The van der Waals surface area contributed by atoms with Crippen molar-refractivity contribution >= 4 is 11.7 Å². The molecule has 1 aromatic carbocycles. The van der Waals surface area contributed by atoms with Gasteiger partial charge in [0.15, 0.2) is 0 Å². The van der Waals surface area contributed by atoms with Crippen molar-refractivity contribution in [1.82, 2.24) is 5.32 Å². The zero-order valence-corrected chi connectivity index (χ0v) is 12.3. The van der Waals surface area contributed by atoms with Gasteiger partial charge in [0.05, 0.1) is 6.61 Å². The average molecular weight is 264 g/mol. The molecule has 0 aromatic heterocycles. The molecule has 0 radical (unpaired) electrons. The Bertz CT molecular complexity index is 394. The molecule has 4 nitrogen and oxygen atoms in total. The minimum absolute atomic E-state index is 0.195. The van der Waals surface area contributed by atoms with Crippen LogP contribution in [0.4, 0.5) is 5.69 Å². The van der Waals surface area contributed by atoms with Gasteiger partial charge in [0, 0.05) is 19.3 Å². The van der Waals surface area contributed by atoms with E-state index >= 15 is 0 Å². The topological polar surface area (TPSA) is 41.6 Å². The molecule has 0 heterocycles. The summed E-state index contributed by atoms with van der Waals surface area (Å²) in [6.45, 7) is 4.89. The molecule has 106 valence electrons. The molecule has 0 saturated heterocycles. The molecule has 0 bridgehead atoms. The van der Waals surface area contributed by atoms with Crippen LogP contribution in [0.5, 0.6) is 0 Å². The second kappa shape index (κ2) is 7.14. The lowest BCUT2D eigenvalue weighted by molar-refractivity contribution is -0.150. The van der Waals surface area contributed by atoms with Crippen molar-refractivity contribution in [3.05, 3.63) is 30.3 Å². The summed E-state index contributed by atoms with van der Waals surface area (Å²) in [5, 5.41) is 3.07. The third kappa shape index (κ3) is 4.24. The Hall–Kier alpha value is -1.55. The molecule has 1 N–H and O–H groups in total. The van der Waals surface area contributed by atoms with E-state index in [0.29, 0.717) is 13.0 Å². The zero-order valence-electron chi connectivity index (χ0n) is 12.3. The van der Waals surface area contributed by atoms with Crippen LogP contribution in [-0.2, 0) is 9.53 Å². The van der Waals surface area contributed by atoms with Crippen molar-refractivity contribution in [2.75, 3.05) is 32.1 Å². The number of rotatable bonds is 7. The predicted octanol–water partition coefficient (Wildman–Crippen LogP) is 2.05. The average Bonchev–Trinajstić information content (AvgIpc) is 2.45. The number of nitrogens with zero attached hydrogens (tertiary/aromatic N) is 1. The normalized spacial score (nSPS) is 13.7. The molecular formula is C15H24N2O2. The van der Waals surface area contributed by atoms with Crippen LogP contribution in [0, 0.1) is 0 Å². The Morgan fingerprint density at radius 3 is 2.53 bits per heavy atom. The maximum absolute atomic E-state index is 11.9. The van der Waals surface area contributed by atoms with E-state index in [9.17, 15) is 4.79 Å². The van der Waals surface area contributed by atoms with Gasteiger partial charge in [0.25, 0.3) is 0 Å². The second-order valence-electron chi connectivity index (χ2n) is 4.81. The Morgan fingerprint density at radius 1 is 1.37 bits per heavy atom. The summed E-state index contributed by atoms with van der Waals surface area (Å²) in [4.78, 5) is 14.1. The molecule has 0 aliphatic heterocycles. The van der Waals surface area contributed by atoms with Gasteiger partial charge in [-0.25, -0.2) is 0 Å². The van der Waals surface area contributed by atoms with E-state index < -0.39 is 5.54 Å². The summed E-state index contributed by atoms with van der Waals surface area (Å²) in [6.07, 6.45) is 0.688. The molecule has 1 aromatic rings. The van der Waals surface area contributed by atoms with Gasteiger partial charge in [-0.05, 0) is 39.4 Å². The lowest BCUT2D eigenvalue weighted by Crippen LogP contribution is -2.50. The number of anilines is 1. The summed E-state index contributed by atoms with van der Waals surface area (Å²) >= 11 is 0. The number of nitrogens with one attached hydrogen (secondary N) is 1. The third-order valence-corrected chi connectivity index (χ3v) is 3.42. The van der Waals surface area contributed by atoms with Crippen LogP contribution in [0.1, 0.15) is 20.3 Å². The van der Waals surface area contributed by atoms with Gasteiger partial charge >= 0.3 is 5.97 Å². The van der Waals surface area contributed by atoms with Gasteiger partial charge in [-0.2, -0.15) is 0 Å². The smallest absolute Gasteiger partial charge is 0.326 e. The van der Waals surface area contributed by atoms with E-state index in [-0.39, 0.29) is 5.97 Å². The van der Waals surface area contributed by atoms with E-state index in [1.54, 1.807) is 7.05 Å². The van der Waals surface area contributed by atoms with Crippen LogP contribution in [0.15, 0.2) is 30.3 Å². The van der Waals surface area contributed by atoms with Crippen molar-refractivity contribution in [2.24, 2.45) is 0 Å². The van der Waals surface area contributed by atoms with E-state index in [1.807, 2.05) is 39.1 Å². The molecule has 1 rings (SSSR count). The van der Waals surface area contributed by atoms with E-state index in [4.69, 9.17) is 4.74 Å². The van der Waals surface area contributed by atoms with Crippen molar-refractivity contribution in [3.8, 4) is 0 Å². The second-order valence-corrected chi connectivity index (χ2v) is 4.81. The molecule has 19 heavy (non-hydrogen) atoms. The molecule has 1 atom stereocenters. The summed E-state index contributed by atoms with van der Waals surface area (Å²) in [5.41, 5.74) is 0.504. The van der Waals surface area contributed by atoms with Gasteiger partial charge in [0.2, 0.25) is 0 Å². The maximum atomic E-state index is 11.9. The van der Waals surface area contributed by atoms with E-state index in [0.717, 1.165) is 12.2 Å². The van der Waals surface area contributed by atoms with Crippen LogP contribution in [0.3, 0.4) is 0 Å². The Morgan fingerprint density at radius 2 is 2.00 bits per heavy atom. The lowest BCUT2D eigenvalue weighted by Gasteiger charge is -2.29. The fraction of sp³-hybridized carbons (Fsp3) is 0.533. The first-order chi connectivity index (χ1) is 9.03. The van der Waals surface area contributed by atoms with Crippen LogP contribution in [0.25, 0.3) is 0 Å². The molecule has 0 aliphatic carbocycles. The van der Waals surface area contributed by atoms with Gasteiger partial charge in [-0.15, -0.1) is 0 Å². The highest BCUT2D eigenvalue weighted by Gasteiger charge is 2.32. The van der Waals surface area contributed by atoms with Crippen molar-refractivity contribution in [2.45, 2.75) is 25.8 Å². The van der Waals surface area contributed by atoms with Crippen molar-refractivity contribution in [1.29, 1.82) is 0 Å². The number of carbonyl (C=O) groups excluding carboxylic acids is 1. The highest BCUT2D eigenvalue weighted by Crippen LogP contribution is 2.16. The van der Waals surface area contributed by atoms with Crippen LogP contribution in [0.2, 0.25) is 0 Å². The molecule has 0 saturated carbocycles. The van der Waals surface area contributed by atoms with Crippen molar-refractivity contribution < 1.29 is 9.53 Å². The zero-order chi connectivity index (χ0) is 14.3. The first kappa shape index (κ1) is 15.5. The fourth-order valence-electron chi connectivity index (χ4n) is 1.82. The minimum Gasteiger partial charge on any atom is -0.465 e. The van der Waals surface area contributed by atoms with Crippen molar-refractivity contribution in [3.63, 3.8) is 0 Å². The summed E-state index contributed by atoms with van der Waals surface area (Å²) in [5.74, 6) is -0.195. The summed E-state index contributed by atoms with van der Waals surface area (Å²) in [7, 11) is 3.82. The van der Waals surface area contributed by atoms with Gasteiger partial charge in [-0.1, -0.05) is 18.2 Å². The Kier molecular flexibility index (Phi) is 5.83. The van der Waals surface area contributed by atoms with E-state index in [1.165, 1.54) is 0 Å². The fourth-order valence-corrected chi connectivity index (χ4v) is 1.82. The maximum Gasteiger partial charge on any atom is 0.326 e. The SMILES string of the molecule is CCOC(=O)C(C)(CCN(C)c1ccccc1)NC. The molecule has 0 aliphatic rings. The molecular weight excluding hydrogens is 240 g/mol. The monoisotopic (exact) mass is 264 g/mol. The minimum atomic E-state index is -0.640. The quantitative estimate of drug-likeness (QED) is 0.765. The predicted molar refractivity (Wildman–Crippen MR) is 78.4 cm³/mol. The molecule has 4 heteroatoms. The van der Waals surface area contributed by atoms with Crippen LogP contribution < -0.4 is 10.2 Å². The molecule has 0 amide bonds. The highest BCUT2D eigenvalue weighted by molar-refractivity contribution is 5.80. The molecule has 0 fully saturated rings. The number of likely N-dealkylation sites (N-methyl/N-ethyl adjacent to an activating group) is 1. The van der Waals surface area contributed by atoms with Gasteiger partial charge in [0.1, 0.15) is 5.54 Å². The molecule has 0 spiro atoms. The summed E-state index contributed by atoms with van der Waals surface area (Å²) < 4.78 is 5.12. The lowest BCUT2D eigenvalue weighted by atomic mass is 9.98. The Labute approximate surface area is 115 Å². The largest absolute Gasteiger partial charge is 0.465 e. The first-order valence-corrected chi connectivity index (χ1v) is 6.66. The van der Waals surface area contributed by atoms with Gasteiger partial charge < -0.3 is 15.0 Å². The highest BCUT2D eigenvalue weighted by atomic mass is 16.5. The Balaban J connectivity index is 2.60. The summed E-state index contributed by atoms with van der Waals surface area (Å²) in [6, 6.07) is 10.1. The standard InChI is InChI=1S/C15H24N2O2/c1-5-19-14(18)15(2,16-3)11-12-17(4)13-9-7-6-8-10-13/h6-10,16H,5,11-12H2,1-4H3. The number of para-hydroxylation sites is 1. The molecule has 1 unspecified atom stereocenters. The number of esters is 1. The number of hydrogen-bond acceptors (Lipinski definition) is 4. The first-order valence-electron chi connectivity index (χ1n) is 6.66. The number of benzene rings is 1. The van der Waals surface area contributed by atoms with E-state index in [2.05, 4.69) is 22.3 Å². The van der Waals surface area contributed by atoms with Crippen LogP contribution >= 0.6 is 0 Å².